The van der Waals surface area contributed by atoms with E-state index in [0.29, 0.717) is 29.0 Å². The summed E-state index contributed by atoms with van der Waals surface area (Å²) in [5, 5.41) is 3.62. The summed E-state index contributed by atoms with van der Waals surface area (Å²) in [6.07, 6.45) is 0.986. The van der Waals surface area contributed by atoms with Crippen LogP contribution in [0.4, 0.5) is 0 Å². The third-order valence-corrected chi connectivity index (χ3v) is 5.51. The molecule has 0 radical (unpaired) electrons. The molecule has 0 aromatic heterocycles. The molecule has 0 spiro atoms. The Balaban J connectivity index is 1.38. The van der Waals surface area contributed by atoms with Gasteiger partial charge in [-0.05, 0) is 30.2 Å². The van der Waals surface area contributed by atoms with Crippen LogP contribution in [-0.2, 0) is 4.74 Å². The first-order valence-electron chi connectivity index (χ1n) is 9.18. The molecule has 0 saturated carbocycles. The quantitative estimate of drug-likeness (QED) is 0.876. The number of hydrogen-bond donors (Lipinski definition) is 1. The van der Waals surface area contributed by atoms with Crippen molar-refractivity contribution in [2.45, 2.75) is 24.6 Å². The lowest BCUT2D eigenvalue weighted by Crippen LogP contribution is -2.43. The molecule has 4 rings (SSSR count). The highest BCUT2D eigenvalue weighted by Gasteiger charge is 2.38. The van der Waals surface area contributed by atoms with Gasteiger partial charge in [0, 0.05) is 35.8 Å². The van der Waals surface area contributed by atoms with Crippen molar-refractivity contribution in [3.8, 4) is 5.75 Å². The topological polar surface area (TPSA) is 50.8 Å². The van der Waals surface area contributed by atoms with Crippen LogP contribution >= 0.6 is 11.6 Å². The lowest BCUT2D eigenvalue weighted by atomic mass is 10.1. The van der Waals surface area contributed by atoms with E-state index in [2.05, 4.69) is 22.3 Å². The van der Waals surface area contributed by atoms with Gasteiger partial charge in [-0.15, -0.1) is 0 Å². The Morgan fingerprint density at radius 1 is 1.22 bits per heavy atom. The molecule has 2 aromatic rings. The Hall–Kier alpha value is -2.08. The summed E-state index contributed by atoms with van der Waals surface area (Å²) in [4.78, 5) is 15.1. The SMILES string of the molecule is COc1cc(Cl)cc(C(=O)N[C@H]2C[C@H]3CO[C@@H](c4ccccc4)CN3C2)c1. The van der Waals surface area contributed by atoms with Gasteiger partial charge in [-0.2, -0.15) is 0 Å². The molecular weight excluding hydrogens is 364 g/mol. The minimum Gasteiger partial charge on any atom is -0.497 e. The van der Waals surface area contributed by atoms with Gasteiger partial charge in [0.1, 0.15) is 5.75 Å². The summed E-state index contributed by atoms with van der Waals surface area (Å²) in [6, 6.07) is 15.8. The van der Waals surface area contributed by atoms with Gasteiger partial charge < -0.3 is 14.8 Å². The fourth-order valence-corrected chi connectivity index (χ4v) is 4.15. The number of carbonyl (C=O) groups is 1. The highest BCUT2D eigenvalue weighted by Crippen LogP contribution is 2.30. The van der Waals surface area contributed by atoms with Crippen molar-refractivity contribution in [1.82, 2.24) is 10.2 Å². The number of fused-ring (bicyclic) bond motifs is 1. The van der Waals surface area contributed by atoms with Crippen molar-refractivity contribution >= 4 is 17.5 Å². The highest BCUT2D eigenvalue weighted by molar-refractivity contribution is 6.31. The summed E-state index contributed by atoms with van der Waals surface area (Å²) in [6.45, 7) is 2.38. The van der Waals surface area contributed by atoms with Gasteiger partial charge in [0.05, 0.1) is 19.8 Å². The van der Waals surface area contributed by atoms with Gasteiger partial charge in [0.15, 0.2) is 0 Å². The number of nitrogens with one attached hydrogen (secondary N) is 1. The van der Waals surface area contributed by atoms with E-state index in [4.69, 9.17) is 21.1 Å². The van der Waals surface area contributed by atoms with Gasteiger partial charge >= 0.3 is 0 Å². The number of halogens is 1. The Kier molecular flexibility index (Phi) is 5.34. The third-order valence-electron chi connectivity index (χ3n) is 5.29. The number of ether oxygens (including phenoxy) is 2. The second-order valence-corrected chi connectivity index (χ2v) is 7.56. The molecule has 1 amide bonds. The molecule has 2 aliphatic heterocycles. The first kappa shape index (κ1) is 18.3. The van der Waals surface area contributed by atoms with E-state index in [1.807, 2.05) is 18.2 Å². The average Bonchev–Trinajstić information content (AvgIpc) is 3.09. The zero-order valence-electron chi connectivity index (χ0n) is 15.2. The van der Waals surface area contributed by atoms with Crippen LogP contribution in [-0.4, -0.2) is 49.7 Å². The van der Waals surface area contributed by atoms with E-state index >= 15 is 0 Å². The molecule has 3 atom stereocenters. The molecule has 0 unspecified atom stereocenters. The monoisotopic (exact) mass is 386 g/mol. The number of rotatable bonds is 4. The van der Waals surface area contributed by atoms with Gasteiger partial charge in [-0.1, -0.05) is 41.9 Å². The molecule has 5 nitrogen and oxygen atoms in total. The van der Waals surface area contributed by atoms with Crippen LogP contribution < -0.4 is 10.1 Å². The van der Waals surface area contributed by atoms with Crippen LogP contribution in [0.1, 0.15) is 28.4 Å². The molecule has 142 valence electrons. The summed E-state index contributed by atoms with van der Waals surface area (Å²) in [5.74, 6) is 0.455. The van der Waals surface area contributed by atoms with E-state index in [1.165, 1.54) is 5.56 Å². The van der Waals surface area contributed by atoms with Crippen LogP contribution in [0, 0.1) is 0 Å². The van der Waals surface area contributed by atoms with Crippen molar-refractivity contribution in [2.75, 3.05) is 26.8 Å². The van der Waals surface area contributed by atoms with E-state index in [0.717, 1.165) is 19.5 Å². The van der Waals surface area contributed by atoms with E-state index in [9.17, 15) is 4.79 Å². The van der Waals surface area contributed by atoms with Gasteiger partial charge in [-0.25, -0.2) is 0 Å². The Morgan fingerprint density at radius 2 is 2.04 bits per heavy atom. The maximum Gasteiger partial charge on any atom is 0.251 e. The minimum absolute atomic E-state index is 0.0918. The number of amides is 1. The lowest BCUT2D eigenvalue weighted by Gasteiger charge is -2.35. The van der Waals surface area contributed by atoms with E-state index in [1.54, 1.807) is 25.3 Å². The molecule has 6 heteroatoms. The van der Waals surface area contributed by atoms with Crippen LogP contribution in [0.25, 0.3) is 0 Å². The molecule has 2 aliphatic rings. The van der Waals surface area contributed by atoms with E-state index < -0.39 is 0 Å². The maximum atomic E-state index is 12.6. The van der Waals surface area contributed by atoms with Gasteiger partial charge in [-0.3, -0.25) is 9.69 Å². The van der Waals surface area contributed by atoms with Crippen LogP contribution in [0.3, 0.4) is 0 Å². The Bertz CT molecular complexity index is 814. The van der Waals surface area contributed by atoms with Crippen LogP contribution in [0.15, 0.2) is 48.5 Å². The summed E-state index contributed by atoms with van der Waals surface area (Å²) < 4.78 is 11.3. The van der Waals surface area contributed by atoms with Crippen molar-refractivity contribution in [2.24, 2.45) is 0 Å². The molecule has 2 saturated heterocycles. The van der Waals surface area contributed by atoms with Crippen molar-refractivity contribution in [3.05, 3.63) is 64.7 Å². The summed E-state index contributed by atoms with van der Waals surface area (Å²) in [5.41, 5.74) is 1.72. The van der Waals surface area contributed by atoms with Crippen LogP contribution in [0.2, 0.25) is 5.02 Å². The maximum absolute atomic E-state index is 12.6. The standard InChI is InChI=1S/C21H23ClN2O3/c1-26-19-8-15(7-16(22)9-19)21(25)23-17-10-18-13-27-20(12-24(18)11-17)14-5-3-2-4-6-14/h2-9,17-18,20H,10-13H2,1H3,(H,23,25)/t17-,18-,20+/m0/s1. The zero-order chi connectivity index (χ0) is 18.8. The number of benzene rings is 2. The Labute approximate surface area is 164 Å². The van der Waals surface area contributed by atoms with Gasteiger partial charge in [0.25, 0.3) is 5.91 Å². The lowest BCUT2D eigenvalue weighted by molar-refractivity contribution is -0.0502. The number of morpholine rings is 1. The zero-order valence-corrected chi connectivity index (χ0v) is 16.0. The fraction of sp³-hybridized carbons (Fsp3) is 0.381. The number of hydrogen-bond acceptors (Lipinski definition) is 4. The largest absolute Gasteiger partial charge is 0.497 e. The second-order valence-electron chi connectivity index (χ2n) is 7.13. The minimum atomic E-state index is -0.124. The van der Waals surface area contributed by atoms with Crippen molar-refractivity contribution in [1.29, 1.82) is 0 Å². The summed E-state index contributed by atoms with van der Waals surface area (Å²) >= 11 is 6.08. The molecular formula is C21H23ClN2O3. The van der Waals surface area contributed by atoms with Crippen molar-refractivity contribution < 1.29 is 14.3 Å². The third kappa shape index (κ3) is 4.10. The first-order valence-corrected chi connectivity index (χ1v) is 9.56. The molecule has 2 fully saturated rings. The van der Waals surface area contributed by atoms with Crippen LogP contribution in [0.5, 0.6) is 5.75 Å². The molecule has 1 N–H and O–H groups in total. The second kappa shape index (κ2) is 7.89. The van der Waals surface area contributed by atoms with Crippen molar-refractivity contribution in [3.63, 3.8) is 0 Å². The van der Waals surface area contributed by atoms with E-state index in [-0.39, 0.29) is 18.1 Å². The molecule has 2 heterocycles. The molecule has 2 aromatic carbocycles. The smallest absolute Gasteiger partial charge is 0.251 e. The fourth-order valence-electron chi connectivity index (χ4n) is 3.93. The first-order chi connectivity index (χ1) is 13.1. The number of methoxy groups -OCH3 is 1. The average molecular weight is 387 g/mol. The summed E-state index contributed by atoms with van der Waals surface area (Å²) in [7, 11) is 1.56. The predicted molar refractivity (Wildman–Crippen MR) is 104 cm³/mol. The normalized spacial score (nSPS) is 25.0. The highest BCUT2D eigenvalue weighted by atomic mass is 35.5. The molecule has 27 heavy (non-hydrogen) atoms. The van der Waals surface area contributed by atoms with Gasteiger partial charge in [0.2, 0.25) is 0 Å². The number of carbonyl (C=O) groups excluding carboxylic acids is 1. The number of nitrogens with zero attached hydrogens (tertiary/aromatic N) is 1. The molecule has 0 bridgehead atoms. The molecule has 0 aliphatic carbocycles. The Morgan fingerprint density at radius 3 is 2.81 bits per heavy atom. The predicted octanol–water partition coefficient (Wildman–Crippen LogP) is 3.29.